The first-order valence-corrected chi connectivity index (χ1v) is 4.58. The Kier molecular flexibility index (Phi) is 3.34. The van der Waals surface area contributed by atoms with E-state index in [-0.39, 0.29) is 0 Å². The van der Waals surface area contributed by atoms with Crippen molar-refractivity contribution in [3.05, 3.63) is 0 Å². The van der Waals surface area contributed by atoms with Gasteiger partial charge in [-0.25, -0.2) is 0 Å². The van der Waals surface area contributed by atoms with Crippen molar-refractivity contribution in [2.45, 2.75) is 32.7 Å². The van der Waals surface area contributed by atoms with E-state index in [0.717, 1.165) is 24.8 Å². The van der Waals surface area contributed by atoms with Crippen molar-refractivity contribution < 1.29 is 5.11 Å². The number of piperidine rings is 1. The Balaban J connectivity index is 2.31. The molecule has 0 spiro atoms. The molecule has 3 unspecified atom stereocenters. The van der Waals surface area contributed by atoms with Crippen LogP contribution in [0.5, 0.6) is 0 Å². The summed E-state index contributed by atoms with van der Waals surface area (Å²) in [5.41, 5.74) is 0. The lowest BCUT2D eigenvalue weighted by Gasteiger charge is -2.33. The minimum Gasteiger partial charge on any atom is -0.396 e. The average Bonchev–Trinajstić information content (AvgIpc) is 1.95. The summed E-state index contributed by atoms with van der Waals surface area (Å²) < 4.78 is 0. The molecule has 66 valence electrons. The summed E-state index contributed by atoms with van der Waals surface area (Å²) in [5.74, 6) is 1.53. The number of aliphatic hydroxyl groups is 1. The lowest BCUT2D eigenvalue weighted by Crippen LogP contribution is -2.44. The van der Waals surface area contributed by atoms with Gasteiger partial charge in [-0.1, -0.05) is 13.8 Å². The van der Waals surface area contributed by atoms with Crippen LogP contribution in [0.4, 0.5) is 0 Å². The van der Waals surface area contributed by atoms with Gasteiger partial charge in [0.05, 0.1) is 0 Å². The van der Waals surface area contributed by atoms with Crippen molar-refractivity contribution in [2.75, 3.05) is 13.2 Å². The second-order valence-electron chi connectivity index (χ2n) is 3.85. The van der Waals surface area contributed by atoms with Crippen molar-refractivity contribution in [1.29, 1.82) is 0 Å². The largest absolute Gasteiger partial charge is 0.396 e. The molecule has 0 radical (unpaired) electrons. The fourth-order valence-electron chi connectivity index (χ4n) is 1.96. The van der Waals surface area contributed by atoms with Crippen LogP contribution in [0.2, 0.25) is 0 Å². The highest BCUT2D eigenvalue weighted by Gasteiger charge is 2.23. The number of hydrogen-bond donors (Lipinski definition) is 2. The van der Waals surface area contributed by atoms with Crippen LogP contribution in [-0.4, -0.2) is 24.3 Å². The topological polar surface area (TPSA) is 32.3 Å². The summed E-state index contributed by atoms with van der Waals surface area (Å²) in [6.07, 6.45) is 2.21. The number of nitrogens with one attached hydrogen (secondary N) is 1. The normalized spacial score (nSPS) is 39.0. The molecule has 1 saturated heterocycles. The molecule has 0 aliphatic carbocycles. The molecule has 1 aliphatic rings. The molecule has 0 aromatic carbocycles. The zero-order chi connectivity index (χ0) is 8.27. The van der Waals surface area contributed by atoms with Crippen molar-refractivity contribution >= 4 is 0 Å². The summed E-state index contributed by atoms with van der Waals surface area (Å²) in [6.45, 7) is 5.98. The monoisotopic (exact) mass is 157 g/mol. The summed E-state index contributed by atoms with van der Waals surface area (Å²) in [4.78, 5) is 0. The van der Waals surface area contributed by atoms with E-state index in [1.165, 1.54) is 6.42 Å². The van der Waals surface area contributed by atoms with Crippen molar-refractivity contribution in [1.82, 2.24) is 5.32 Å². The van der Waals surface area contributed by atoms with Gasteiger partial charge in [0, 0.05) is 12.6 Å². The number of aliphatic hydroxyl groups excluding tert-OH is 1. The first kappa shape index (κ1) is 9.01. The summed E-state index contributed by atoms with van der Waals surface area (Å²) >= 11 is 0. The van der Waals surface area contributed by atoms with Gasteiger partial charge in [0.1, 0.15) is 0 Å². The third kappa shape index (κ3) is 2.46. The lowest BCUT2D eigenvalue weighted by atomic mass is 9.85. The average molecular weight is 157 g/mol. The van der Waals surface area contributed by atoms with Gasteiger partial charge in [-0.05, 0) is 31.2 Å². The highest BCUT2D eigenvalue weighted by molar-refractivity contribution is 4.80. The first-order chi connectivity index (χ1) is 5.24. The van der Waals surface area contributed by atoms with E-state index >= 15 is 0 Å². The molecule has 0 amide bonds. The first-order valence-electron chi connectivity index (χ1n) is 4.58. The third-order valence-electron chi connectivity index (χ3n) is 2.63. The number of rotatable bonds is 2. The Morgan fingerprint density at radius 3 is 2.73 bits per heavy atom. The maximum absolute atomic E-state index is 8.76. The van der Waals surface area contributed by atoms with E-state index in [4.69, 9.17) is 5.11 Å². The van der Waals surface area contributed by atoms with Crippen LogP contribution in [0.3, 0.4) is 0 Å². The Labute approximate surface area is 69.0 Å². The van der Waals surface area contributed by atoms with Crippen molar-refractivity contribution in [3.8, 4) is 0 Å². The zero-order valence-electron chi connectivity index (χ0n) is 7.51. The Morgan fingerprint density at radius 1 is 1.45 bits per heavy atom. The molecule has 0 aromatic rings. The lowest BCUT2D eigenvalue weighted by molar-refractivity contribution is 0.192. The maximum Gasteiger partial charge on any atom is 0.0445 e. The summed E-state index contributed by atoms with van der Waals surface area (Å²) in [6, 6.07) is 0.552. The summed E-state index contributed by atoms with van der Waals surface area (Å²) in [5, 5.41) is 12.2. The standard InChI is InChI=1S/C9H19NO/c1-7-5-8(2)9(3-4-11)10-6-7/h7-11H,3-6H2,1-2H3. The quantitative estimate of drug-likeness (QED) is 0.627. The molecule has 1 rings (SSSR count). The van der Waals surface area contributed by atoms with Crippen LogP contribution in [-0.2, 0) is 0 Å². The van der Waals surface area contributed by atoms with E-state index in [0.29, 0.717) is 12.6 Å². The van der Waals surface area contributed by atoms with Gasteiger partial charge < -0.3 is 10.4 Å². The van der Waals surface area contributed by atoms with E-state index in [1.54, 1.807) is 0 Å². The van der Waals surface area contributed by atoms with Gasteiger partial charge in [-0.3, -0.25) is 0 Å². The smallest absolute Gasteiger partial charge is 0.0445 e. The SMILES string of the molecule is CC1CNC(CCO)C(C)C1. The fourth-order valence-corrected chi connectivity index (χ4v) is 1.96. The highest BCUT2D eigenvalue weighted by Crippen LogP contribution is 2.21. The van der Waals surface area contributed by atoms with Crippen LogP contribution < -0.4 is 5.32 Å². The molecule has 1 fully saturated rings. The molecule has 2 N–H and O–H groups in total. The van der Waals surface area contributed by atoms with Crippen molar-refractivity contribution in [3.63, 3.8) is 0 Å². The Bertz CT molecular complexity index is 116. The molecular formula is C9H19NO. The minimum absolute atomic E-state index is 0.316. The zero-order valence-corrected chi connectivity index (χ0v) is 7.51. The maximum atomic E-state index is 8.76. The molecule has 2 nitrogen and oxygen atoms in total. The fraction of sp³-hybridized carbons (Fsp3) is 1.00. The number of hydrogen-bond acceptors (Lipinski definition) is 2. The minimum atomic E-state index is 0.316. The van der Waals surface area contributed by atoms with Crippen molar-refractivity contribution in [2.24, 2.45) is 11.8 Å². The molecule has 2 heteroatoms. The van der Waals surface area contributed by atoms with E-state index in [2.05, 4.69) is 19.2 Å². The molecule has 1 aliphatic heterocycles. The van der Waals surface area contributed by atoms with Gasteiger partial charge >= 0.3 is 0 Å². The highest BCUT2D eigenvalue weighted by atomic mass is 16.3. The molecule has 11 heavy (non-hydrogen) atoms. The second kappa shape index (κ2) is 4.07. The molecular weight excluding hydrogens is 138 g/mol. The van der Waals surface area contributed by atoms with Crippen LogP contribution in [0, 0.1) is 11.8 Å². The summed E-state index contributed by atoms with van der Waals surface area (Å²) in [7, 11) is 0. The predicted molar refractivity (Wildman–Crippen MR) is 46.4 cm³/mol. The van der Waals surface area contributed by atoms with Crippen LogP contribution in [0.1, 0.15) is 26.7 Å². The van der Waals surface area contributed by atoms with Gasteiger partial charge in [-0.2, -0.15) is 0 Å². The Hall–Kier alpha value is -0.0800. The van der Waals surface area contributed by atoms with Crippen LogP contribution in [0.25, 0.3) is 0 Å². The van der Waals surface area contributed by atoms with Gasteiger partial charge in [0.25, 0.3) is 0 Å². The molecule has 0 saturated carbocycles. The van der Waals surface area contributed by atoms with E-state index in [9.17, 15) is 0 Å². The second-order valence-corrected chi connectivity index (χ2v) is 3.85. The van der Waals surface area contributed by atoms with Crippen LogP contribution in [0.15, 0.2) is 0 Å². The van der Waals surface area contributed by atoms with Gasteiger partial charge in [-0.15, -0.1) is 0 Å². The molecule has 1 heterocycles. The molecule has 3 atom stereocenters. The predicted octanol–water partition coefficient (Wildman–Crippen LogP) is 1.00. The Morgan fingerprint density at radius 2 is 2.18 bits per heavy atom. The van der Waals surface area contributed by atoms with E-state index < -0.39 is 0 Å². The third-order valence-corrected chi connectivity index (χ3v) is 2.63. The molecule has 0 aromatic heterocycles. The van der Waals surface area contributed by atoms with Crippen LogP contribution >= 0.6 is 0 Å². The van der Waals surface area contributed by atoms with E-state index in [1.807, 2.05) is 0 Å². The van der Waals surface area contributed by atoms with Gasteiger partial charge in [0.2, 0.25) is 0 Å². The molecule has 0 bridgehead atoms. The van der Waals surface area contributed by atoms with Gasteiger partial charge in [0.15, 0.2) is 0 Å².